The predicted molar refractivity (Wildman–Crippen MR) is 73.7 cm³/mol. The zero-order chi connectivity index (χ0) is 13.2. The van der Waals surface area contributed by atoms with Gasteiger partial charge in [-0.15, -0.1) is 0 Å². The normalized spacial score (nSPS) is 11.2. The van der Waals surface area contributed by atoms with E-state index in [1.165, 1.54) is 6.26 Å². The molecule has 0 atom stereocenters. The van der Waals surface area contributed by atoms with Crippen molar-refractivity contribution in [3.05, 3.63) is 48.5 Å². The molecule has 0 spiro atoms. The molecule has 0 aliphatic rings. The summed E-state index contributed by atoms with van der Waals surface area (Å²) in [5, 5.41) is 3.07. The van der Waals surface area contributed by atoms with E-state index in [1.807, 2.05) is 0 Å². The van der Waals surface area contributed by atoms with E-state index in [2.05, 4.69) is 5.32 Å². The Morgan fingerprint density at radius 2 is 1.61 bits per heavy atom. The number of benzene rings is 2. The second-order valence-electron chi connectivity index (χ2n) is 4.02. The van der Waals surface area contributed by atoms with Gasteiger partial charge in [-0.25, -0.2) is 8.42 Å². The zero-order valence-corrected chi connectivity index (χ0v) is 10.7. The van der Waals surface area contributed by atoms with E-state index < -0.39 is 9.84 Å². The van der Waals surface area contributed by atoms with Gasteiger partial charge in [-0.2, -0.15) is 0 Å². The molecule has 0 amide bonds. The number of sulfone groups is 1. The Bertz CT molecular complexity index is 649. The number of nitrogen functional groups attached to an aromatic ring is 1. The number of anilines is 3. The molecule has 18 heavy (non-hydrogen) atoms. The summed E-state index contributed by atoms with van der Waals surface area (Å²) < 4.78 is 23.3. The van der Waals surface area contributed by atoms with Crippen LogP contribution in [-0.4, -0.2) is 14.7 Å². The number of nitrogens with one attached hydrogen (secondary N) is 1. The molecule has 0 saturated carbocycles. The summed E-state index contributed by atoms with van der Waals surface area (Å²) in [6, 6.07) is 13.9. The molecule has 0 aliphatic carbocycles. The van der Waals surface area contributed by atoms with Crippen LogP contribution in [0.5, 0.6) is 0 Å². The lowest BCUT2D eigenvalue weighted by molar-refractivity contribution is 0.602. The molecule has 0 radical (unpaired) electrons. The maximum atomic E-state index is 11.6. The first-order chi connectivity index (χ1) is 8.47. The van der Waals surface area contributed by atoms with Crippen molar-refractivity contribution in [2.45, 2.75) is 4.90 Å². The van der Waals surface area contributed by atoms with Gasteiger partial charge in [-0.05, 0) is 36.4 Å². The largest absolute Gasteiger partial charge is 0.399 e. The molecule has 0 heterocycles. The number of para-hydroxylation sites is 1. The van der Waals surface area contributed by atoms with Gasteiger partial charge in [-0.1, -0.05) is 12.1 Å². The van der Waals surface area contributed by atoms with Crippen LogP contribution >= 0.6 is 0 Å². The van der Waals surface area contributed by atoms with Crippen molar-refractivity contribution in [3.8, 4) is 0 Å². The fourth-order valence-electron chi connectivity index (χ4n) is 1.62. The summed E-state index contributed by atoms with van der Waals surface area (Å²) in [6.45, 7) is 0. The van der Waals surface area contributed by atoms with E-state index in [4.69, 9.17) is 5.73 Å². The van der Waals surface area contributed by atoms with Crippen LogP contribution in [0.4, 0.5) is 17.1 Å². The van der Waals surface area contributed by atoms with E-state index in [9.17, 15) is 8.42 Å². The standard InChI is InChI=1S/C13H14N2O2S/c1-18(16,17)13-5-3-2-4-12(13)15-11-8-6-10(14)7-9-11/h2-9,15H,14H2,1H3. The van der Waals surface area contributed by atoms with Crippen LogP contribution in [0.1, 0.15) is 0 Å². The van der Waals surface area contributed by atoms with Crippen molar-refractivity contribution < 1.29 is 8.42 Å². The monoisotopic (exact) mass is 262 g/mol. The van der Waals surface area contributed by atoms with Crippen LogP contribution in [0.25, 0.3) is 0 Å². The van der Waals surface area contributed by atoms with Crippen molar-refractivity contribution in [3.63, 3.8) is 0 Å². The zero-order valence-electron chi connectivity index (χ0n) is 9.92. The molecule has 3 N–H and O–H groups in total. The van der Waals surface area contributed by atoms with Gasteiger partial charge in [0.1, 0.15) is 0 Å². The first kappa shape index (κ1) is 12.4. The number of nitrogens with two attached hydrogens (primary N) is 1. The fraction of sp³-hybridized carbons (Fsp3) is 0.0769. The topological polar surface area (TPSA) is 72.2 Å². The molecule has 4 nitrogen and oxygen atoms in total. The van der Waals surface area contributed by atoms with Gasteiger partial charge in [0, 0.05) is 17.6 Å². The van der Waals surface area contributed by atoms with Crippen LogP contribution in [0.2, 0.25) is 0 Å². The lowest BCUT2D eigenvalue weighted by atomic mass is 10.2. The second-order valence-corrected chi connectivity index (χ2v) is 6.00. The highest BCUT2D eigenvalue weighted by atomic mass is 32.2. The van der Waals surface area contributed by atoms with Crippen molar-refractivity contribution >= 4 is 26.9 Å². The van der Waals surface area contributed by atoms with Crippen LogP contribution < -0.4 is 11.1 Å². The first-order valence-corrected chi connectivity index (χ1v) is 7.27. The highest BCUT2D eigenvalue weighted by Crippen LogP contribution is 2.24. The maximum Gasteiger partial charge on any atom is 0.177 e. The van der Waals surface area contributed by atoms with Crippen LogP contribution in [0.3, 0.4) is 0 Å². The van der Waals surface area contributed by atoms with E-state index in [1.54, 1.807) is 48.5 Å². The molecular formula is C13H14N2O2S. The lowest BCUT2D eigenvalue weighted by Crippen LogP contribution is -2.02. The van der Waals surface area contributed by atoms with Gasteiger partial charge in [0.2, 0.25) is 0 Å². The molecular weight excluding hydrogens is 248 g/mol. The average Bonchev–Trinajstić information content (AvgIpc) is 2.31. The number of hydrogen-bond donors (Lipinski definition) is 2. The smallest absolute Gasteiger partial charge is 0.177 e. The number of hydrogen-bond acceptors (Lipinski definition) is 4. The molecule has 0 fully saturated rings. The van der Waals surface area contributed by atoms with Crippen molar-refractivity contribution in [2.24, 2.45) is 0 Å². The van der Waals surface area contributed by atoms with Crippen molar-refractivity contribution in [1.82, 2.24) is 0 Å². The Balaban J connectivity index is 2.38. The highest BCUT2D eigenvalue weighted by Gasteiger charge is 2.12. The predicted octanol–water partition coefficient (Wildman–Crippen LogP) is 2.42. The van der Waals surface area contributed by atoms with Gasteiger partial charge in [0.25, 0.3) is 0 Å². The Morgan fingerprint density at radius 3 is 2.22 bits per heavy atom. The summed E-state index contributed by atoms with van der Waals surface area (Å²) in [4.78, 5) is 0.279. The SMILES string of the molecule is CS(=O)(=O)c1ccccc1Nc1ccc(N)cc1. The van der Waals surface area contributed by atoms with Crippen LogP contribution in [-0.2, 0) is 9.84 Å². The third kappa shape index (κ3) is 2.81. The van der Waals surface area contributed by atoms with Crippen LogP contribution in [0, 0.1) is 0 Å². The van der Waals surface area contributed by atoms with Gasteiger partial charge in [-0.3, -0.25) is 0 Å². The second kappa shape index (κ2) is 4.70. The third-order valence-corrected chi connectivity index (χ3v) is 3.63. The minimum atomic E-state index is -3.25. The Hall–Kier alpha value is -2.01. The number of rotatable bonds is 3. The van der Waals surface area contributed by atoms with Crippen molar-refractivity contribution in [1.29, 1.82) is 0 Å². The molecule has 2 aromatic rings. The summed E-state index contributed by atoms with van der Waals surface area (Å²) >= 11 is 0. The molecule has 0 bridgehead atoms. The molecule has 2 rings (SSSR count). The minimum absolute atomic E-state index is 0.279. The Labute approximate surface area is 106 Å². The molecule has 94 valence electrons. The van der Waals surface area contributed by atoms with E-state index in [0.29, 0.717) is 11.4 Å². The first-order valence-electron chi connectivity index (χ1n) is 5.38. The summed E-state index contributed by atoms with van der Waals surface area (Å²) in [5.41, 5.74) is 7.61. The molecule has 5 heteroatoms. The van der Waals surface area contributed by atoms with Gasteiger partial charge in [0.15, 0.2) is 9.84 Å². The molecule has 2 aromatic carbocycles. The van der Waals surface area contributed by atoms with Gasteiger partial charge >= 0.3 is 0 Å². The molecule has 0 aliphatic heterocycles. The Morgan fingerprint density at radius 1 is 1.00 bits per heavy atom. The van der Waals surface area contributed by atoms with Crippen molar-refractivity contribution in [2.75, 3.05) is 17.3 Å². The lowest BCUT2D eigenvalue weighted by Gasteiger charge is -2.10. The Kier molecular flexibility index (Phi) is 3.25. The maximum absolute atomic E-state index is 11.6. The van der Waals surface area contributed by atoms with E-state index in [-0.39, 0.29) is 4.90 Å². The van der Waals surface area contributed by atoms with E-state index in [0.717, 1.165) is 5.69 Å². The summed E-state index contributed by atoms with van der Waals surface area (Å²) in [7, 11) is -3.25. The molecule has 0 aromatic heterocycles. The fourth-order valence-corrected chi connectivity index (χ4v) is 2.46. The van der Waals surface area contributed by atoms with Gasteiger partial charge < -0.3 is 11.1 Å². The summed E-state index contributed by atoms with van der Waals surface area (Å²) in [6.07, 6.45) is 1.19. The third-order valence-electron chi connectivity index (χ3n) is 2.48. The quantitative estimate of drug-likeness (QED) is 0.833. The molecule has 0 saturated heterocycles. The molecule has 0 unspecified atom stereocenters. The highest BCUT2D eigenvalue weighted by molar-refractivity contribution is 7.90. The average molecular weight is 262 g/mol. The van der Waals surface area contributed by atoms with E-state index >= 15 is 0 Å². The van der Waals surface area contributed by atoms with Gasteiger partial charge in [0.05, 0.1) is 10.6 Å². The van der Waals surface area contributed by atoms with Crippen LogP contribution in [0.15, 0.2) is 53.4 Å². The summed E-state index contributed by atoms with van der Waals surface area (Å²) in [5.74, 6) is 0. The minimum Gasteiger partial charge on any atom is -0.399 e.